The van der Waals surface area contributed by atoms with Crippen molar-refractivity contribution in [2.75, 3.05) is 0 Å². The monoisotopic (exact) mass is 376 g/mol. The summed E-state index contributed by atoms with van der Waals surface area (Å²) in [4.78, 5) is 4.24. The molecule has 0 aliphatic carbocycles. The molecule has 0 fully saturated rings. The molecule has 2 N–H and O–H groups in total. The highest BCUT2D eigenvalue weighted by molar-refractivity contribution is 14.1. The number of halogens is 2. The zero-order valence-electron chi connectivity index (χ0n) is 9.98. The second-order valence-electron chi connectivity index (χ2n) is 3.97. The van der Waals surface area contributed by atoms with E-state index in [4.69, 9.17) is 17.3 Å². The van der Waals surface area contributed by atoms with E-state index < -0.39 is 0 Å². The molecule has 1 atom stereocenters. The summed E-state index contributed by atoms with van der Waals surface area (Å²) in [6.07, 6.45) is 2.22. The molecule has 2 aromatic rings. The van der Waals surface area contributed by atoms with Crippen molar-refractivity contribution < 1.29 is 0 Å². The van der Waals surface area contributed by atoms with Crippen LogP contribution < -0.4 is 5.73 Å². The summed E-state index contributed by atoms with van der Waals surface area (Å²) < 4.78 is 2.98. The quantitative estimate of drug-likeness (QED) is 0.835. The Morgan fingerprint density at radius 1 is 1.50 bits per heavy atom. The molecule has 4 nitrogen and oxygen atoms in total. The van der Waals surface area contributed by atoms with Gasteiger partial charge in [0.05, 0.1) is 0 Å². The van der Waals surface area contributed by atoms with E-state index in [0.29, 0.717) is 11.4 Å². The molecule has 0 saturated carbocycles. The molecule has 0 bridgehead atoms. The van der Waals surface area contributed by atoms with Gasteiger partial charge in [0.1, 0.15) is 12.2 Å². The molecule has 96 valence electrons. The van der Waals surface area contributed by atoms with Crippen molar-refractivity contribution in [3.8, 4) is 0 Å². The van der Waals surface area contributed by atoms with Gasteiger partial charge in [-0.05, 0) is 53.3 Å². The fourth-order valence-electron chi connectivity index (χ4n) is 1.82. The van der Waals surface area contributed by atoms with Gasteiger partial charge in [0.25, 0.3) is 0 Å². The van der Waals surface area contributed by atoms with Crippen LogP contribution in [0.2, 0.25) is 5.02 Å². The average molecular weight is 377 g/mol. The molecule has 0 amide bonds. The Labute approximate surface area is 125 Å². The van der Waals surface area contributed by atoms with Gasteiger partial charge in [0.15, 0.2) is 0 Å². The van der Waals surface area contributed by atoms with Gasteiger partial charge >= 0.3 is 0 Å². The zero-order valence-corrected chi connectivity index (χ0v) is 12.9. The van der Waals surface area contributed by atoms with E-state index >= 15 is 0 Å². The van der Waals surface area contributed by atoms with Crippen LogP contribution in [0.3, 0.4) is 0 Å². The van der Waals surface area contributed by atoms with Crippen molar-refractivity contribution in [3.63, 3.8) is 0 Å². The molecule has 0 radical (unpaired) electrons. The van der Waals surface area contributed by atoms with E-state index in [9.17, 15) is 0 Å². The molecule has 18 heavy (non-hydrogen) atoms. The normalized spacial score (nSPS) is 12.7. The summed E-state index contributed by atoms with van der Waals surface area (Å²) in [5.74, 6) is 0.903. The van der Waals surface area contributed by atoms with Gasteiger partial charge in [-0.1, -0.05) is 11.6 Å². The van der Waals surface area contributed by atoms with Crippen LogP contribution in [0.25, 0.3) is 0 Å². The minimum atomic E-state index is -0.120. The van der Waals surface area contributed by atoms with E-state index in [1.807, 2.05) is 29.8 Å². The van der Waals surface area contributed by atoms with Crippen LogP contribution in [0.5, 0.6) is 0 Å². The second-order valence-corrected chi connectivity index (χ2v) is 5.57. The lowest BCUT2D eigenvalue weighted by atomic mass is 10.0. The summed E-state index contributed by atoms with van der Waals surface area (Å²) in [5.41, 5.74) is 7.28. The van der Waals surface area contributed by atoms with Crippen LogP contribution >= 0.6 is 34.2 Å². The van der Waals surface area contributed by atoms with Crippen molar-refractivity contribution in [1.82, 2.24) is 14.8 Å². The molecule has 0 aliphatic heterocycles. The third kappa shape index (κ3) is 3.02. The molecule has 0 aliphatic rings. The Bertz CT molecular complexity index is 541. The molecule has 1 aromatic carbocycles. The van der Waals surface area contributed by atoms with Gasteiger partial charge in [-0.2, -0.15) is 5.10 Å². The molecule has 1 heterocycles. The number of nitrogens with two attached hydrogens (primary N) is 1. The standard InChI is InChI=1S/C12H14ClIN4/c1-2-18-12(16-7-17-18)6-11(15)9-5-8(13)3-4-10(9)14/h3-5,7,11H,2,6,15H2,1H3. The highest BCUT2D eigenvalue weighted by atomic mass is 127. The first-order chi connectivity index (χ1) is 8.61. The summed E-state index contributed by atoms with van der Waals surface area (Å²) in [6, 6.07) is 5.64. The van der Waals surface area contributed by atoms with Gasteiger partial charge in [-0.3, -0.25) is 4.68 Å². The number of aromatic nitrogens is 3. The van der Waals surface area contributed by atoms with Crippen molar-refractivity contribution >= 4 is 34.2 Å². The fourth-order valence-corrected chi connectivity index (χ4v) is 2.73. The number of hydrogen-bond acceptors (Lipinski definition) is 3. The van der Waals surface area contributed by atoms with Gasteiger partial charge in [-0.15, -0.1) is 0 Å². The van der Waals surface area contributed by atoms with Crippen LogP contribution in [0.1, 0.15) is 24.4 Å². The highest BCUT2D eigenvalue weighted by Crippen LogP contribution is 2.24. The van der Waals surface area contributed by atoms with E-state index in [0.717, 1.165) is 21.5 Å². The molecular weight excluding hydrogens is 363 g/mol. The minimum Gasteiger partial charge on any atom is -0.324 e. The SMILES string of the molecule is CCn1ncnc1CC(N)c1cc(Cl)ccc1I. The Balaban J connectivity index is 2.21. The van der Waals surface area contributed by atoms with Gasteiger partial charge in [0.2, 0.25) is 0 Å². The highest BCUT2D eigenvalue weighted by Gasteiger charge is 2.14. The number of rotatable bonds is 4. The molecule has 1 aromatic heterocycles. The van der Waals surface area contributed by atoms with E-state index in [-0.39, 0.29) is 6.04 Å². The van der Waals surface area contributed by atoms with Gasteiger partial charge in [-0.25, -0.2) is 4.98 Å². The molecule has 2 rings (SSSR count). The Kier molecular flexibility index (Phi) is 4.58. The molecular formula is C12H14ClIN4. The predicted molar refractivity (Wildman–Crippen MR) is 80.5 cm³/mol. The average Bonchev–Trinajstić information content (AvgIpc) is 2.79. The lowest BCUT2D eigenvalue weighted by Gasteiger charge is -2.14. The molecule has 1 unspecified atom stereocenters. The predicted octanol–water partition coefficient (Wildman–Crippen LogP) is 2.80. The van der Waals surface area contributed by atoms with Crippen LogP contribution in [-0.2, 0) is 13.0 Å². The number of hydrogen-bond donors (Lipinski definition) is 1. The Morgan fingerprint density at radius 3 is 3.00 bits per heavy atom. The fraction of sp³-hybridized carbons (Fsp3) is 0.333. The number of aryl methyl sites for hydroxylation is 1. The molecule has 0 spiro atoms. The first-order valence-electron chi connectivity index (χ1n) is 5.69. The first-order valence-corrected chi connectivity index (χ1v) is 7.14. The van der Waals surface area contributed by atoms with Crippen LogP contribution in [0.4, 0.5) is 0 Å². The maximum absolute atomic E-state index is 6.23. The topological polar surface area (TPSA) is 56.7 Å². The van der Waals surface area contributed by atoms with Gasteiger partial charge in [0, 0.05) is 27.6 Å². The van der Waals surface area contributed by atoms with E-state index in [2.05, 4.69) is 32.7 Å². The maximum Gasteiger partial charge on any atom is 0.138 e. The number of benzene rings is 1. The van der Waals surface area contributed by atoms with Crippen molar-refractivity contribution in [2.24, 2.45) is 5.73 Å². The second kappa shape index (κ2) is 5.99. The van der Waals surface area contributed by atoms with Gasteiger partial charge < -0.3 is 5.73 Å². The first kappa shape index (κ1) is 13.8. The van der Waals surface area contributed by atoms with Crippen LogP contribution in [-0.4, -0.2) is 14.8 Å². The maximum atomic E-state index is 6.23. The largest absolute Gasteiger partial charge is 0.324 e. The smallest absolute Gasteiger partial charge is 0.138 e. The van der Waals surface area contributed by atoms with Crippen molar-refractivity contribution in [3.05, 3.63) is 44.5 Å². The molecule has 6 heteroatoms. The van der Waals surface area contributed by atoms with Crippen molar-refractivity contribution in [1.29, 1.82) is 0 Å². The van der Waals surface area contributed by atoms with Crippen LogP contribution in [0.15, 0.2) is 24.5 Å². The van der Waals surface area contributed by atoms with Crippen LogP contribution in [0, 0.1) is 3.57 Å². The minimum absolute atomic E-state index is 0.120. The summed E-state index contributed by atoms with van der Waals surface area (Å²) in [7, 11) is 0. The third-order valence-electron chi connectivity index (χ3n) is 2.76. The molecule has 0 saturated heterocycles. The van der Waals surface area contributed by atoms with Crippen molar-refractivity contribution in [2.45, 2.75) is 25.9 Å². The Hall–Kier alpha value is -0.660. The Morgan fingerprint density at radius 2 is 2.28 bits per heavy atom. The van der Waals surface area contributed by atoms with E-state index in [1.165, 1.54) is 0 Å². The third-order valence-corrected chi connectivity index (χ3v) is 3.97. The van der Waals surface area contributed by atoms with E-state index in [1.54, 1.807) is 6.33 Å². The summed E-state index contributed by atoms with van der Waals surface area (Å²) in [5, 5.41) is 4.85. The lowest BCUT2D eigenvalue weighted by Crippen LogP contribution is -2.18. The summed E-state index contributed by atoms with van der Waals surface area (Å²) in [6.45, 7) is 2.83. The lowest BCUT2D eigenvalue weighted by molar-refractivity contribution is 0.580. The summed E-state index contributed by atoms with van der Waals surface area (Å²) >= 11 is 8.28. The zero-order chi connectivity index (χ0) is 13.1. The number of nitrogens with zero attached hydrogens (tertiary/aromatic N) is 3.